The molecule has 98 valence electrons. The van der Waals surface area contributed by atoms with E-state index in [9.17, 15) is 0 Å². The van der Waals surface area contributed by atoms with Gasteiger partial charge in [0.1, 0.15) is 0 Å². The molecule has 0 aromatic rings. The Morgan fingerprint density at radius 3 is 2.94 bits per heavy atom. The summed E-state index contributed by atoms with van der Waals surface area (Å²) >= 11 is 1.93. The topological polar surface area (TPSA) is 33.6 Å². The first-order valence-electron chi connectivity index (χ1n) is 6.90. The molecule has 1 saturated heterocycles. The van der Waals surface area contributed by atoms with Crippen molar-refractivity contribution in [1.29, 1.82) is 0 Å². The van der Waals surface area contributed by atoms with Gasteiger partial charge in [-0.05, 0) is 18.8 Å². The van der Waals surface area contributed by atoms with Crippen LogP contribution in [0.15, 0.2) is 4.99 Å². The summed E-state index contributed by atoms with van der Waals surface area (Å²) in [5.74, 6) is 0.811. The van der Waals surface area contributed by atoms with E-state index in [1.807, 2.05) is 11.8 Å². The largest absolute Gasteiger partial charge is 0.376 e. The van der Waals surface area contributed by atoms with Crippen LogP contribution >= 0.6 is 11.8 Å². The normalized spacial score (nSPS) is 28.8. The summed E-state index contributed by atoms with van der Waals surface area (Å²) < 4.78 is 5.60. The zero-order valence-electron chi connectivity index (χ0n) is 10.9. The first-order chi connectivity index (χ1) is 8.33. The third-order valence-corrected chi connectivity index (χ3v) is 5.09. The van der Waals surface area contributed by atoms with Crippen LogP contribution in [0.25, 0.3) is 0 Å². The highest BCUT2D eigenvalue weighted by Crippen LogP contribution is 2.30. The van der Waals surface area contributed by atoms with Gasteiger partial charge in [0.2, 0.25) is 0 Å². The van der Waals surface area contributed by atoms with Crippen LogP contribution in [0.2, 0.25) is 0 Å². The van der Waals surface area contributed by atoms with Crippen molar-refractivity contribution in [2.24, 2.45) is 10.9 Å². The number of thioether (sulfide) groups is 1. The van der Waals surface area contributed by atoms with Crippen LogP contribution in [-0.2, 0) is 4.74 Å². The fourth-order valence-electron chi connectivity index (χ4n) is 2.55. The highest BCUT2D eigenvalue weighted by Gasteiger charge is 2.26. The number of nitrogens with one attached hydrogen (secondary N) is 1. The molecule has 2 atom stereocenters. The summed E-state index contributed by atoms with van der Waals surface area (Å²) in [5.41, 5.74) is 0. The Hall–Kier alpha value is -0.220. The Morgan fingerprint density at radius 2 is 2.29 bits per heavy atom. The predicted octanol–water partition coefficient (Wildman–Crippen LogP) is 2.66. The zero-order chi connectivity index (χ0) is 12.1. The van der Waals surface area contributed by atoms with Crippen LogP contribution in [0.5, 0.6) is 0 Å². The molecule has 0 spiro atoms. The summed E-state index contributed by atoms with van der Waals surface area (Å²) in [5, 5.41) is 5.27. The molecule has 2 unspecified atom stereocenters. The first-order valence-corrected chi connectivity index (χ1v) is 7.78. The number of hydrogen-bond acceptors (Lipinski definition) is 4. The average molecular weight is 256 g/mol. The van der Waals surface area contributed by atoms with Gasteiger partial charge in [-0.15, -0.1) is 0 Å². The summed E-state index contributed by atoms with van der Waals surface area (Å²) in [6.07, 6.45) is 5.35. The van der Waals surface area contributed by atoms with Gasteiger partial charge in [0, 0.05) is 18.4 Å². The van der Waals surface area contributed by atoms with Crippen molar-refractivity contribution in [1.82, 2.24) is 5.32 Å². The number of aliphatic imine (C=N–C) groups is 1. The Balaban J connectivity index is 1.69. The van der Waals surface area contributed by atoms with E-state index in [1.54, 1.807) is 0 Å². The quantitative estimate of drug-likeness (QED) is 0.821. The smallest absolute Gasteiger partial charge is 0.157 e. The Bertz CT molecular complexity index is 260. The van der Waals surface area contributed by atoms with Crippen LogP contribution in [0.1, 0.15) is 39.5 Å². The molecule has 2 rings (SSSR count). The average Bonchev–Trinajstić information content (AvgIpc) is 2.99. The van der Waals surface area contributed by atoms with Gasteiger partial charge in [0.25, 0.3) is 0 Å². The third kappa shape index (κ3) is 3.62. The SMILES string of the molecule is CCC(CC)C1CN=C(NCC2CCCO2)S1. The van der Waals surface area contributed by atoms with Crippen LogP contribution < -0.4 is 5.32 Å². The van der Waals surface area contributed by atoms with E-state index < -0.39 is 0 Å². The van der Waals surface area contributed by atoms with Gasteiger partial charge >= 0.3 is 0 Å². The van der Waals surface area contributed by atoms with Gasteiger partial charge in [0.05, 0.1) is 12.6 Å². The van der Waals surface area contributed by atoms with Crippen molar-refractivity contribution in [3.05, 3.63) is 0 Å². The molecular formula is C13H24N2OS. The minimum atomic E-state index is 0.408. The van der Waals surface area contributed by atoms with E-state index in [4.69, 9.17) is 4.74 Å². The van der Waals surface area contributed by atoms with Crippen LogP contribution in [0.4, 0.5) is 0 Å². The number of hydrogen-bond donors (Lipinski definition) is 1. The number of ether oxygens (including phenoxy) is 1. The molecule has 0 aromatic heterocycles. The van der Waals surface area contributed by atoms with Crippen molar-refractivity contribution < 1.29 is 4.74 Å². The molecule has 1 N–H and O–H groups in total. The maximum absolute atomic E-state index is 5.60. The van der Waals surface area contributed by atoms with Crippen LogP contribution in [0, 0.1) is 5.92 Å². The number of nitrogens with zero attached hydrogens (tertiary/aromatic N) is 1. The second-order valence-corrected chi connectivity index (χ2v) is 6.12. The minimum absolute atomic E-state index is 0.408. The lowest BCUT2D eigenvalue weighted by molar-refractivity contribution is 0.114. The van der Waals surface area contributed by atoms with Gasteiger partial charge in [-0.3, -0.25) is 4.99 Å². The monoisotopic (exact) mass is 256 g/mol. The first kappa shape index (κ1) is 13.2. The second-order valence-electron chi connectivity index (χ2n) is 4.89. The maximum atomic E-state index is 5.60. The molecule has 2 heterocycles. The Labute approximate surface area is 109 Å². The fraction of sp³-hybridized carbons (Fsp3) is 0.923. The lowest BCUT2D eigenvalue weighted by Gasteiger charge is -2.19. The van der Waals surface area contributed by atoms with E-state index in [2.05, 4.69) is 24.2 Å². The summed E-state index contributed by atoms with van der Waals surface area (Å²) in [4.78, 5) is 4.61. The van der Waals surface area contributed by atoms with Gasteiger partial charge in [-0.25, -0.2) is 0 Å². The molecule has 3 nitrogen and oxygen atoms in total. The molecule has 0 bridgehead atoms. The molecular weight excluding hydrogens is 232 g/mol. The highest BCUT2D eigenvalue weighted by molar-refractivity contribution is 8.14. The Morgan fingerprint density at radius 1 is 1.47 bits per heavy atom. The zero-order valence-corrected chi connectivity index (χ0v) is 11.8. The van der Waals surface area contributed by atoms with Gasteiger partial charge in [-0.1, -0.05) is 38.5 Å². The van der Waals surface area contributed by atoms with E-state index in [1.165, 1.54) is 25.7 Å². The van der Waals surface area contributed by atoms with E-state index in [0.717, 1.165) is 30.8 Å². The molecule has 0 aromatic carbocycles. The van der Waals surface area contributed by atoms with Crippen LogP contribution in [0.3, 0.4) is 0 Å². The van der Waals surface area contributed by atoms with Gasteiger partial charge in [-0.2, -0.15) is 0 Å². The van der Waals surface area contributed by atoms with E-state index >= 15 is 0 Å². The predicted molar refractivity (Wildman–Crippen MR) is 74.7 cm³/mol. The van der Waals surface area contributed by atoms with E-state index in [0.29, 0.717) is 11.4 Å². The maximum Gasteiger partial charge on any atom is 0.157 e. The molecule has 4 heteroatoms. The van der Waals surface area contributed by atoms with Crippen molar-refractivity contribution in [2.75, 3.05) is 19.7 Å². The third-order valence-electron chi connectivity index (χ3n) is 3.76. The molecule has 2 aliphatic heterocycles. The molecule has 17 heavy (non-hydrogen) atoms. The summed E-state index contributed by atoms with van der Waals surface area (Å²) in [7, 11) is 0. The molecule has 0 amide bonds. The van der Waals surface area contributed by atoms with Crippen molar-refractivity contribution >= 4 is 16.9 Å². The summed E-state index contributed by atoms with van der Waals surface area (Å²) in [6, 6.07) is 0. The standard InChI is InChI=1S/C13H24N2OS/c1-3-10(4-2)12-9-15-13(17-12)14-8-11-6-5-7-16-11/h10-12H,3-9H2,1-2H3,(H,14,15). The minimum Gasteiger partial charge on any atom is -0.376 e. The van der Waals surface area contributed by atoms with Crippen molar-refractivity contribution in [3.8, 4) is 0 Å². The molecule has 0 aliphatic carbocycles. The molecule has 0 saturated carbocycles. The highest BCUT2D eigenvalue weighted by atomic mass is 32.2. The lowest BCUT2D eigenvalue weighted by Crippen LogP contribution is -2.29. The summed E-state index contributed by atoms with van der Waals surface area (Å²) in [6.45, 7) is 7.42. The number of amidine groups is 1. The van der Waals surface area contributed by atoms with E-state index in [-0.39, 0.29) is 0 Å². The van der Waals surface area contributed by atoms with Crippen LogP contribution in [-0.4, -0.2) is 36.2 Å². The Kier molecular flexibility index (Phi) is 5.16. The van der Waals surface area contributed by atoms with Crippen molar-refractivity contribution in [3.63, 3.8) is 0 Å². The van der Waals surface area contributed by atoms with Gasteiger partial charge in [0.15, 0.2) is 5.17 Å². The fourth-order valence-corrected chi connectivity index (χ4v) is 3.88. The molecule has 0 radical (unpaired) electrons. The molecule has 2 aliphatic rings. The molecule has 1 fully saturated rings. The lowest BCUT2D eigenvalue weighted by atomic mass is 9.99. The van der Waals surface area contributed by atoms with Gasteiger partial charge < -0.3 is 10.1 Å². The van der Waals surface area contributed by atoms with Crippen molar-refractivity contribution in [2.45, 2.75) is 50.9 Å². The number of rotatable bonds is 5. The second kappa shape index (κ2) is 6.64.